The first-order valence-electron chi connectivity index (χ1n) is 9.67. The number of hydrogen-bond acceptors (Lipinski definition) is 5. The van der Waals surface area contributed by atoms with Crippen molar-refractivity contribution in [1.29, 1.82) is 5.26 Å². The maximum atomic E-state index is 13.2. The second-order valence-corrected chi connectivity index (χ2v) is 7.38. The monoisotopic (exact) mass is 440 g/mol. The van der Waals surface area contributed by atoms with Crippen LogP contribution in [0.5, 0.6) is 0 Å². The number of nitriles is 1. The van der Waals surface area contributed by atoms with Crippen LogP contribution in [0.4, 0.5) is 0 Å². The molecule has 6 nitrogen and oxygen atoms in total. The Labute approximate surface area is 187 Å². The fourth-order valence-corrected chi connectivity index (χ4v) is 3.51. The van der Waals surface area contributed by atoms with Gasteiger partial charge in [0.05, 0.1) is 23.8 Å². The topological polar surface area (TPSA) is 79.6 Å². The van der Waals surface area contributed by atoms with Crippen LogP contribution < -0.4 is 0 Å². The van der Waals surface area contributed by atoms with Crippen molar-refractivity contribution in [2.45, 2.75) is 19.3 Å². The van der Waals surface area contributed by atoms with Gasteiger partial charge in [-0.3, -0.25) is 4.79 Å². The van der Waals surface area contributed by atoms with Gasteiger partial charge in [0.1, 0.15) is 6.61 Å². The quantitative estimate of drug-likeness (QED) is 0.324. The summed E-state index contributed by atoms with van der Waals surface area (Å²) in [6, 6.07) is 8.98. The van der Waals surface area contributed by atoms with Gasteiger partial charge >= 0.3 is 5.97 Å². The Balaban J connectivity index is 2.41. The predicted molar refractivity (Wildman–Crippen MR) is 119 cm³/mol. The third-order valence-corrected chi connectivity index (χ3v) is 5.29. The first kappa shape index (κ1) is 24.1. The van der Waals surface area contributed by atoms with E-state index in [0.29, 0.717) is 35.0 Å². The van der Waals surface area contributed by atoms with Crippen LogP contribution in [0, 0.1) is 11.3 Å². The summed E-state index contributed by atoms with van der Waals surface area (Å²) in [5.74, 6) is -1.13. The molecule has 7 heteroatoms. The minimum absolute atomic E-state index is 0.101. The second kappa shape index (κ2) is 11.3. The van der Waals surface area contributed by atoms with Crippen LogP contribution in [0.25, 0.3) is 0 Å². The van der Waals surface area contributed by atoms with E-state index in [2.05, 4.69) is 13.2 Å². The molecule has 1 aromatic carbocycles. The molecule has 1 aliphatic heterocycles. The van der Waals surface area contributed by atoms with Gasteiger partial charge in [0, 0.05) is 42.3 Å². The molecule has 0 saturated heterocycles. The molecule has 1 aliphatic rings. The van der Waals surface area contributed by atoms with Gasteiger partial charge in [0.15, 0.2) is 0 Å². The number of nitrogens with zero attached hydrogens (tertiary/aromatic N) is 2. The Hall–Kier alpha value is -3.14. The minimum atomic E-state index is -0.562. The van der Waals surface area contributed by atoms with Gasteiger partial charge in [-0.25, -0.2) is 4.79 Å². The summed E-state index contributed by atoms with van der Waals surface area (Å²) in [7, 11) is 1.55. The van der Waals surface area contributed by atoms with E-state index >= 15 is 0 Å². The zero-order valence-corrected chi connectivity index (χ0v) is 18.4. The normalized spacial score (nSPS) is 16.7. The molecule has 0 spiro atoms. The molecular weight excluding hydrogens is 416 g/mol. The largest absolute Gasteiger partial charge is 0.457 e. The van der Waals surface area contributed by atoms with E-state index in [4.69, 9.17) is 26.3 Å². The third kappa shape index (κ3) is 5.94. The Morgan fingerprint density at radius 3 is 2.65 bits per heavy atom. The lowest BCUT2D eigenvalue weighted by molar-refractivity contribution is -0.139. The molecule has 31 heavy (non-hydrogen) atoms. The summed E-state index contributed by atoms with van der Waals surface area (Å²) in [5.41, 5.74) is 2.34. The van der Waals surface area contributed by atoms with E-state index in [0.717, 1.165) is 5.56 Å². The average Bonchev–Trinajstić information content (AvgIpc) is 2.76. The van der Waals surface area contributed by atoms with Crippen molar-refractivity contribution in [2.75, 3.05) is 26.9 Å². The molecule has 1 heterocycles. The number of allylic oxidation sites excluding steroid dienone is 3. The number of hydrogen-bond donors (Lipinski definition) is 0. The van der Waals surface area contributed by atoms with Crippen LogP contribution >= 0.6 is 11.6 Å². The molecular formula is C24H25ClN2O4. The maximum Gasteiger partial charge on any atom is 0.336 e. The molecule has 0 radical (unpaired) electrons. The second-order valence-electron chi connectivity index (χ2n) is 6.94. The van der Waals surface area contributed by atoms with E-state index in [1.54, 1.807) is 49.3 Å². The summed E-state index contributed by atoms with van der Waals surface area (Å²) in [6.07, 6.45) is 3.19. The number of carbonyl (C=O) groups excluding carboxylic acids is 2. The SMILES string of the molecule is C=C/C=C(/COC(=O)C1=C(C)N(CCOC)C(=O)CC1c1ccc(Cl)cc1)C(=C)C#N. The lowest BCUT2D eigenvalue weighted by Gasteiger charge is -2.34. The molecule has 0 saturated carbocycles. The van der Waals surface area contributed by atoms with Gasteiger partial charge in [-0.05, 0) is 24.6 Å². The number of esters is 1. The molecule has 162 valence electrons. The highest BCUT2D eigenvalue weighted by molar-refractivity contribution is 6.30. The van der Waals surface area contributed by atoms with Crippen LogP contribution in [-0.4, -0.2) is 43.6 Å². The highest BCUT2D eigenvalue weighted by atomic mass is 35.5. The van der Waals surface area contributed by atoms with Gasteiger partial charge < -0.3 is 14.4 Å². The van der Waals surface area contributed by atoms with Crippen molar-refractivity contribution in [1.82, 2.24) is 4.90 Å². The molecule has 0 fully saturated rings. The Bertz CT molecular complexity index is 970. The first-order valence-corrected chi connectivity index (χ1v) is 10.0. The number of ether oxygens (including phenoxy) is 2. The van der Waals surface area contributed by atoms with Gasteiger partial charge in [0.2, 0.25) is 5.91 Å². The molecule has 1 aromatic rings. The molecule has 1 unspecified atom stereocenters. The Morgan fingerprint density at radius 1 is 1.39 bits per heavy atom. The van der Waals surface area contributed by atoms with Crippen molar-refractivity contribution in [3.8, 4) is 6.07 Å². The van der Waals surface area contributed by atoms with E-state index in [1.807, 2.05) is 6.07 Å². The lowest BCUT2D eigenvalue weighted by Crippen LogP contribution is -2.40. The first-order chi connectivity index (χ1) is 14.8. The molecule has 1 amide bonds. The van der Waals surface area contributed by atoms with E-state index < -0.39 is 11.9 Å². The fourth-order valence-electron chi connectivity index (χ4n) is 3.39. The third-order valence-electron chi connectivity index (χ3n) is 5.03. The van der Waals surface area contributed by atoms with Crippen molar-refractivity contribution in [2.24, 2.45) is 0 Å². The molecule has 0 aromatic heterocycles. The van der Waals surface area contributed by atoms with Gasteiger partial charge in [0.25, 0.3) is 0 Å². The van der Waals surface area contributed by atoms with E-state index in [1.165, 1.54) is 6.08 Å². The smallest absolute Gasteiger partial charge is 0.336 e. The summed E-state index contributed by atoms with van der Waals surface area (Å²) in [6.45, 7) is 9.53. The molecule has 0 bridgehead atoms. The van der Waals surface area contributed by atoms with E-state index in [-0.39, 0.29) is 24.5 Å². The fraction of sp³-hybridized carbons (Fsp3) is 0.292. The van der Waals surface area contributed by atoms with Crippen LogP contribution in [0.15, 0.2) is 72.0 Å². The number of benzene rings is 1. The van der Waals surface area contributed by atoms with Crippen LogP contribution in [0.2, 0.25) is 5.02 Å². The zero-order valence-electron chi connectivity index (χ0n) is 17.7. The Morgan fingerprint density at radius 2 is 2.06 bits per heavy atom. The summed E-state index contributed by atoms with van der Waals surface area (Å²) in [4.78, 5) is 27.5. The average molecular weight is 441 g/mol. The van der Waals surface area contributed by atoms with Crippen molar-refractivity contribution in [3.63, 3.8) is 0 Å². The highest BCUT2D eigenvalue weighted by Crippen LogP contribution is 2.37. The van der Waals surface area contributed by atoms with E-state index in [9.17, 15) is 9.59 Å². The standard InChI is InChI=1S/C24H25ClN2O4/c1-5-6-19(16(2)14-26)15-31-24(29)23-17(3)27(11-12-30-4)22(28)13-21(23)18-7-9-20(25)10-8-18/h5-10,21H,1-2,11-13,15H2,3-4H3/b19-6-. The summed E-state index contributed by atoms with van der Waals surface area (Å²) in [5, 5.41) is 9.67. The molecule has 0 N–H and O–H groups in total. The maximum absolute atomic E-state index is 13.2. The van der Waals surface area contributed by atoms with Crippen molar-refractivity contribution >= 4 is 23.5 Å². The minimum Gasteiger partial charge on any atom is -0.457 e. The zero-order chi connectivity index (χ0) is 23.0. The summed E-state index contributed by atoms with van der Waals surface area (Å²) < 4.78 is 10.6. The predicted octanol–water partition coefficient (Wildman–Crippen LogP) is 4.31. The lowest BCUT2D eigenvalue weighted by atomic mass is 9.83. The number of halogens is 1. The number of amides is 1. The number of carbonyl (C=O) groups is 2. The number of methoxy groups -OCH3 is 1. The van der Waals surface area contributed by atoms with Gasteiger partial charge in [-0.1, -0.05) is 49.0 Å². The van der Waals surface area contributed by atoms with Crippen LogP contribution in [0.1, 0.15) is 24.8 Å². The molecule has 0 aliphatic carbocycles. The number of rotatable bonds is 9. The van der Waals surface area contributed by atoms with Gasteiger partial charge in [-0.2, -0.15) is 5.26 Å². The van der Waals surface area contributed by atoms with Crippen molar-refractivity contribution in [3.05, 3.63) is 82.6 Å². The highest BCUT2D eigenvalue weighted by Gasteiger charge is 2.36. The Kier molecular flexibility index (Phi) is 8.80. The van der Waals surface area contributed by atoms with Crippen molar-refractivity contribution < 1.29 is 19.1 Å². The van der Waals surface area contributed by atoms with Crippen LogP contribution in [-0.2, 0) is 19.1 Å². The van der Waals surface area contributed by atoms with Crippen LogP contribution in [0.3, 0.4) is 0 Å². The van der Waals surface area contributed by atoms with Gasteiger partial charge in [-0.15, -0.1) is 0 Å². The molecule has 2 rings (SSSR count). The molecule has 1 atom stereocenters. The summed E-state index contributed by atoms with van der Waals surface area (Å²) >= 11 is 6.00.